The zero-order valence-corrected chi connectivity index (χ0v) is 16.5. The highest BCUT2D eigenvalue weighted by Gasteiger charge is 2.12. The van der Waals surface area contributed by atoms with Crippen LogP contribution < -0.4 is 0 Å². The molecule has 28 heavy (non-hydrogen) atoms. The van der Waals surface area contributed by atoms with Gasteiger partial charge in [-0.2, -0.15) is 20.0 Å². The van der Waals surface area contributed by atoms with Gasteiger partial charge in [0.1, 0.15) is 5.69 Å². The molecule has 7 heteroatoms. The second kappa shape index (κ2) is 7.74. The van der Waals surface area contributed by atoms with Crippen LogP contribution >= 0.6 is 12.2 Å². The smallest absolute Gasteiger partial charge is 0.216 e. The molecule has 1 N–H and O–H groups in total. The van der Waals surface area contributed by atoms with Crippen molar-refractivity contribution >= 4 is 18.4 Å². The predicted molar refractivity (Wildman–Crippen MR) is 114 cm³/mol. The van der Waals surface area contributed by atoms with Gasteiger partial charge in [-0.05, 0) is 37.3 Å². The Morgan fingerprint density at radius 1 is 1.14 bits per heavy atom. The Bertz CT molecular complexity index is 1180. The van der Waals surface area contributed by atoms with Gasteiger partial charge in [-0.15, -0.1) is 0 Å². The standard InChI is InChI=1S/C21H20N6S/c1-3-19-23-24-21(28)27(19)22-13-17-14-26(18-10-5-4-6-11-18)25-20(17)16-9-7-8-15(2)12-16/h4-14H,3H2,1-2H3,(H,24,28)/b22-13-. The van der Waals surface area contributed by atoms with E-state index in [0.29, 0.717) is 4.77 Å². The van der Waals surface area contributed by atoms with Crippen molar-refractivity contribution in [2.75, 3.05) is 0 Å². The molecule has 0 aliphatic carbocycles. The molecule has 140 valence electrons. The molecule has 0 atom stereocenters. The van der Waals surface area contributed by atoms with Crippen LogP contribution in [0.2, 0.25) is 0 Å². The van der Waals surface area contributed by atoms with Gasteiger partial charge in [-0.1, -0.05) is 48.9 Å². The molecule has 0 unspecified atom stereocenters. The number of aryl methyl sites for hydroxylation is 2. The number of nitrogens with zero attached hydrogens (tertiary/aromatic N) is 5. The Kier molecular flexibility index (Phi) is 4.99. The monoisotopic (exact) mass is 388 g/mol. The number of hydrogen-bond donors (Lipinski definition) is 1. The van der Waals surface area contributed by atoms with Gasteiger partial charge < -0.3 is 0 Å². The third-order valence-electron chi connectivity index (χ3n) is 4.40. The minimum atomic E-state index is 0.473. The Labute approximate surface area is 168 Å². The van der Waals surface area contributed by atoms with E-state index in [0.717, 1.165) is 34.8 Å². The minimum absolute atomic E-state index is 0.473. The van der Waals surface area contributed by atoms with E-state index in [2.05, 4.69) is 40.4 Å². The minimum Gasteiger partial charge on any atom is -0.250 e. The van der Waals surface area contributed by atoms with Crippen molar-refractivity contribution in [1.82, 2.24) is 24.7 Å². The van der Waals surface area contributed by atoms with E-state index >= 15 is 0 Å². The fourth-order valence-corrected chi connectivity index (χ4v) is 3.20. The Morgan fingerprint density at radius 2 is 1.96 bits per heavy atom. The molecule has 2 aromatic heterocycles. The van der Waals surface area contributed by atoms with Crippen molar-refractivity contribution < 1.29 is 0 Å². The van der Waals surface area contributed by atoms with Crippen LogP contribution in [0.1, 0.15) is 23.9 Å². The maximum absolute atomic E-state index is 5.29. The van der Waals surface area contributed by atoms with Crippen LogP contribution in [0.25, 0.3) is 16.9 Å². The maximum Gasteiger partial charge on any atom is 0.216 e. The van der Waals surface area contributed by atoms with Crippen molar-refractivity contribution in [2.24, 2.45) is 5.10 Å². The number of H-pyrrole nitrogens is 1. The molecule has 0 saturated heterocycles. The van der Waals surface area contributed by atoms with Gasteiger partial charge in [0.15, 0.2) is 5.82 Å². The largest absolute Gasteiger partial charge is 0.250 e. The van der Waals surface area contributed by atoms with Crippen molar-refractivity contribution in [3.8, 4) is 16.9 Å². The maximum atomic E-state index is 5.29. The molecule has 2 heterocycles. The van der Waals surface area contributed by atoms with Gasteiger partial charge in [0.2, 0.25) is 4.77 Å². The lowest BCUT2D eigenvalue weighted by molar-refractivity contribution is 0.780. The fraction of sp³-hybridized carbons (Fsp3) is 0.143. The number of hydrogen-bond acceptors (Lipinski definition) is 4. The summed E-state index contributed by atoms with van der Waals surface area (Å²) in [6, 6.07) is 18.3. The normalized spacial score (nSPS) is 11.4. The molecule has 0 aliphatic rings. The number of para-hydroxylation sites is 1. The summed E-state index contributed by atoms with van der Waals surface area (Å²) in [5.74, 6) is 0.786. The average Bonchev–Trinajstić information content (AvgIpc) is 3.30. The van der Waals surface area contributed by atoms with Crippen molar-refractivity contribution in [3.05, 3.63) is 82.5 Å². The van der Waals surface area contributed by atoms with Crippen LogP contribution in [0.4, 0.5) is 0 Å². The van der Waals surface area contributed by atoms with E-state index in [9.17, 15) is 0 Å². The molecule has 0 spiro atoms. The second-order valence-corrected chi connectivity index (χ2v) is 6.82. The molecule has 0 amide bonds. The van der Waals surface area contributed by atoms with Crippen LogP contribution in [0, 0.1) is 11.7 Å². The van der Waals surface area contributed by atoms with Crippen molar-refractivity contribution in [1.29, 1.82) is 0 Å². The van der Waals surface area contributed by atoms with E-state index in [1.807, 2.05) is 54.2 Å². The Morgan fingerprint density at radius 3 is 2.71 bits per heavy atom. The molecule has 0 bridgehead atoms. The SMILES string of the molecule is CCc1n[nH]c(=S)n1/N=C\c1cn(-c2ccccc2)nc1-c1cccc(C)c1. The lowest BCUT2D eigenvalue weighted by Gasteiger charge is -2.01. The molecule has 6 nitrogen and oxygen atoms in total. The zero-order valence-electron chi connectivity index (χ0n) is 15.7. The number of rotatable bonds is 5. The predicted octanol–water partition coefficient (Wildman–Crippen LogP) is 4.55. The highest BCUT2D eigenvalue weighted by atomic mass is 32.1. The molecular formula is C21H20N6S. The molecule has 0 radical (unpaired) electrons. The first-order valence-electron chi connectivity index (χ1n) is 9.08. The molecule has 4 rings (SSSR count). The molecule has 2 aromatic carbocycles. The van der Waals surface area contributed by atoms with E-state index in [1.54, 1.807) is 10.9 Å². The first-order chi connectivity index (χ1) is 13.7. The zero-order chi connectivity index (χ0) is 19.5. The Hall–Kier alpha value is -3.32. The van der Waals surface area contributed by atoms with Crippen molar-refractivity contribution in [2.45, 2.75) is 20.3 Å². The Balaban J connectivity index is 1.83. The molecule has 0 fully saturated rings. The van der Waals surface area contributed by atoms with Gasteiger partial charge in [0, 0.05) is 23.7 Å². The lowest BCUT2D eigenvalue weighted by atomic mass is 10.1. The summed E-state index contributed by atoms with van der Waals surface area (Å²) in [5.41, 5.74) is 4.98. The molecular weight excluding hydrogens is 368 g/mol. The summed E-state index contributed by atoms with van der Waals surface area (Å²) in [6.07, 6.45) is 4.50. The summed E-state index contributed by atoms with van der Waals surface area (Å²) in [4.78, 5) is 0. The number of aromatic nitrogens is 5. The van der Waals surface area contributed by atoms with Crippen LogP contribution in [0.5, 0.6) is 0 Å². The summed E-state index contributed by atoms with van der Waals surface area (Å²) in [6.45, 7) is 4.09. The van der Waals surface area contributed by atoms with Crippen LogP contribution in [-0.4, -0.2) is 30.9 Å². The molecule has 4 aromatic rings. The van der Waals surface area contributed by atoms with Crippen LogP contribution in [0.3, 0.4) is 0 Å². The molecule has 0 saturated carbocycles. The number of benzene rings is 2. The third-order valence-corrected chi connectivity index (χ3v) is 4.66. The summed E-state index contributed by atoms with van der Waals surface area (Å²) in [5, 5.41) is 16.4. The van der Waals surface area contributed by atoms with Gasteiger partial charge in [-0.25, -0.2) is 4.68 Å². The van der Waals surface area contributed by atoms with Crippen LogP contribution in [0.15, 0.2) is 65.9 Å². The number of nitrogens with one attached hydrogen (secondary N) is 1. The third kappa shape index (κ3) is 3.57. The van der Waals surface area contributed by atoms with Gasteiger partial charge in [0.25, 0.3) is 0 Å². The quantitative estimate of drug-likeness (QED) is 0.403. The van der Waals surface area contributed by atoms with Crippen LogP contribution in [-0.2, 0) is 6.42 Å². The second-order valence-electron chi connectivity index (χ2n) is 6.44. The summed E-state index contributed by atoms with van der Waals surface area (Å²) < 4.78 is 3.99. The highest BCUT2D eigenvalue weighted by Crippen LogP contribution is 2.23. The van der Waals surface area contributed by atoms with E-state index in [4.69, 9.17) is 17.3 Å². The highest BCUT2D eigenvalue weighted by molar-refractivity contribution is 7.71. The van der Waals surface area contributed by atoms with E-state index in [-0.39, 0.29) is 0 Å². The fourth-order valence-electron chi connectivity index (χ4n) is 3.00. The van der Waals surface area contributed by atoms with Gasteiger partial charge >= 0.3 is 0 Å². The van der Waals surface area contributed by atoms with E-state index in [1.165, 1.54) is 5.56 Å². The summed E-state index contributed by atoms with van der Waals surface area (Å²) in [7, 11) is 0. The van der Waals surface area contributed by atoms with E-state index < -0.39 is 0 Å². The average molecular weight is 389 g/mol. The lowest BCUT2D eigenvalue weighted by Crippen LogP contribution is -1.97. The first kappa shape index (κ1) is 18.1. The van der Waals surface area contributed by atoms with Crippen molar-refractivity contribution in [3.63, 3.8) is 0 Å². The van der Waals surface area contributed by atoms with Gasteiger partial charge in [0.05, 0.1) is 11.9 Å². The topological polar surface area (TPSA) is 63.8 Å². The van der Waals surface area contributed by atoms with Gasteiger partial charge in [-0.3, -0.25) is 5.10 Å². The molecule has 0 aliphatic heterocycles. The number of aromatic amines is 1. The first-order valence-corrected chi connectivity index (χ1v) is 9.49. The summed E-state index contributed by atoms with van der Waals surface area (Å²) >= 11 is 5.29.